The van der Waals surface area contributed by atoms with Crippen LogP contribution < -0.4 is 10.6 Å². The normalized spacial score (nSPS) is 34.9. The van der Waals surface area contributed by atoms with Crippen LogP contribution in [0.5, 0.6) is 0 Å². The van der Waals surface area contributed by atoms with Gasteiger partial charge in [-0.05, 0) is 106 Å². The van der Waals surface area contributed by atoms with E-state index in [1.165, 1.54) is 55.6 Å². The molecule has 0 radical (unpaired) electrons. The van der Waals surface area contributed by atoms with Crippen molar-refractivity contribution in [2.75, 3.05) is 24.6 Å². The largest absolute Gasteiger partial charge is 0.396 e. The summed E-state index contributed by atoms with van der Waals surface area (Å²) in [5.74, 6) is 2.27. The number of nitrogens with zero attached hydrogens (tertiary/aromatic N) is 1. The number of carbonyl (C=O) groups is 1. The van der Waals surface area contributed by atoms with Gasteiger partial charge in [-0.25, -0.2) is 0 Å². The molecule has 2 fully saturated rings. The van der Waals surface area contributed by atoms with E-state index >= 15 is 0 Å². The van der Waals surface area contributed by atoms with Crippen molar-refractivity contribution in [1.82, 2.24) is 0 Å². The van der Waals surface area contributed by atoms with Crippen LogP contribution in [0, 0.1) is 17.8 Å². The first-order valence-corrected chi connectivity index (χ1v) is 14.3. The Morgan fingerprint density at radius 1 is 1.00 bits per heavy atom. The summed E-state index contributed by atoms with van der Waals surface area (Å²) in [7, 11) is 0. The van der Waals surface area contributed by atoms with Crippen LogP contribution in [-0.2, 0) is 4.79 Å². The summed E-state index contributed by atoms with van der Waals surface area (Å²) < 4.78 is 0. The summed E-state index contributed by atoms with van der Waals surface area (Å²) in [5.41, 5.74) is 14.5. The van der Waals surface area contributed by atoms with E-state index in [9.17, 15) is 9.90 Å². The zero-order valence-corrected chi connectivity index (χ0v) is 21.2. The molecule has 35 heavy (non-hydrogen) atoms. The van der Waals surface area contributed by atoms with Crippen LogP contribution in [0.2, 0.25) is 0 Å². The monoisotopic (exact) mass is 474 g/mol. The van der Waals surface area contributed by atoms with Crippen LogP contribution >= 0.6 is 0 Å². The highest BCUT2D eigenvalue weighted by atomic mass is 16.3. The molecule has 188 valence electrons. The zero-order chi connectivity index (χ0) is 24.0. The lowest BCUT2D eigenvalue weighted by Gasteiger charge is -2.48. The van der Waals surface area contributed by atoms with E-state index in [0.29, 0.717) is 35.9 Å². The van der Waals surface area contributed by atoms with Gasteiger partial charge in [0.05, 0.1) is 0 Å². The second-order valence-electron chi connectivity index (χ2n) is 12.0. The molecule has 5 atom stereocenters. The number of hydrogen-bond acceptors (Lipinski definition) is 4. The Hall–Kier alpha value is -1.91. The second-order valence-corrected chi connectivity index (χ2v) is 12.0. The van der Waals surface area contributed by atoms with Crippen molar-refractivity contribution in [1.29, 1.82) is 0 Å². The van der Waals surface area contributed by atoms with E-state index in [1.54, 1.807) is 11.1 Å². The average Bonchev–Trinajstić information content (AvgIpc) is 3.23. The first kappa shape index (κ1) is 23.5. The highest BCUT2D eigenvalue weighted by Gasteiger charge is 2.52. The molecule has 0 amide bonds. The van der Waals surface area contributed by atoms with Crippen molar-refractivity contribution in [3.8, 4) is 0 Å². The minimum atomic E-state index is -0.156. The molecule has 0 bridgehead atoms. The number of piperidine rings is 1. The lowest BCUT2D eigenvalue weighted by atomic mass is 9.58. The van der Waals surface area contributed by atoms with E-state index in [4.69, 9.17) is 5.73 Å². The van der Waals surface area contributed by atoms with E-state index in [0.717, 1.165) is 44.9 Å². The molecule has 3 N–H and O–H groups in total. The SMILES string of the molecule is N[C@@]1(CCCO)CCC2C3=C(C4CCC(=O)C=C4CC3)[C@@H](c3ccc(N4CCCCC4)cc3)CC21. The molecule has 0 spiro atoms. The molecule has 6 rings (SSSR count). The van der Waals surface area contributed by atoms with Gasteiger partial charge >= 0.3 is 0 Å². The quantitative estimate of drug-likeness (QED) is 0.541. The molecule has 1 saturated heterocycles. The fourth-order valence-corrected chi connectivity index (χ4v) is 8.48. The summed E-state index contributed by atoms with van der Waals surface area (Å²) in [6.07, 6.45) is 14.9. The van der Waals surface area contributed by atoms with Crippen LogP contribution in [0.3, 0.4) is 0 Å². The molecule has 4 nitrogen and oxygen atoms in total. The average molecular weight is 475 g/mol. The van der Waals surface area contributed by atoms with E-state index in [-0.39, 0.29) is 12.1 Å². The zero-order valence-electron chi connectivity index (χ0n) is 21.2. The highest BCUT2D eigenvalue weighted by molar-refractivity contribution is 5.91. The number of carbonyl (C=O) groups excluding carboxylic acids is 1. The summed E-state index contributed by atoms with van der Waals surface area (Å²) in [6.45, 7) is 2.58. The van der Waals surface area contributed by atoms with Crippen molar-refractivity contribution in [2.45, 2.75) is 88.5 Å². The van der Waals surface area contributed by atoms with Gasteiger partial charge in [-0.1, -0.05) is 28.9 Å². The van der Waals surface area contributed by atoms with Gasteiger partial charge in [0.1, 0.15) is 0 Å². The standard InChI is InChI=1S/C31H42N2O2/c32-31(14-4-18-34)15-13-26-27-11-7-22-19-24(35)10-12-25(22)30(27)28(20-29(26)31)21-5-8-23(9-6-21)33-16-2-1-3-17-33/h5-6,8-9,19,25-26,28-29,34H,1-4,7,10-18,20,32H2/t25?,26?,28-,29?,31+/m1/s1. The van der Waals surface area contributed by atoms with Crippen LogP contribution in [0.15, 0.2) is 47.1 Å². The molecule has 4 aliphatic carbocycles. The lowest BCUT2D eigenvalue weighted by molar-refractivity contribution is -0.115. The third kappa shape index (κ3) is 4.21. The topological polar surface area (TPSA) is 66.6 Å². The number of aliphatic hydroxyl groups excluding tert-OH is 1. The van der Waals surface area contributed by atoms with Gasteiger partial charge in [0.2, 0.25) is 0 Å². The summed E-state index contributed by atoms with van der Waals surface area (Å²) >= 11 is 0. The van der Waals surface area contributed by atoms with Crippen molar-refractivity contribution in [2.24, 2.45) is 23.5 Å². The van der Waals surface area contributed by atoms with Gasteiger partial charge in [-0.2, -0.15) is 0 Å². The van der Waals surface area contributed by atoms with Gasteiger partial charge in [-0.15, -0.1) is 0 Å². The molecule has 3 unspecified atom stereocenters. The van der Waals surface area contributed by atoms with E-state index in [1.807, 2.05) is 6.08 Å². The number of benzene rings is 1. The van der Waals surface area contributed by atoms with Gasteiger partial charge in [0.25, 0.3) is 0 Å². The van der Waals surface area contributed by atoms with E-state index < -0.39 is 0 Å². The lowest BCUT2D eigenvalue weighted by Crippen LogP contribution is -2.48. The third-order valence-electron chi connectivity index (χ3n) is 10.2. The maximum Gasteiger partial charge on any atom is 0.155 e. The Labute approximate surface area is 210 Å². The Kier molecular flexibility index (Phi) is 6.39. The van der Waals surface area contributed by atoms with Crippen molar-refractivity contribution in [3.63, 3.8) is 0 Å². The van der Waals surface area contributed by atoms with Crippen LogP contribution in [0.4, 0.5) is 5.69 Å². The van der Waals surface area contributed by atoms with E-state index in [2.05, 4.69) is 29.2 Å². The maximum absolute atomic E-state index is 12.3. The Bertz CT molecular complexity index is 1020. The first-order chi connectivity index (χ1) is 17.1. The third-order valence-corrected chi connectivity index (χ3v) is 10.2. The predicted octanol–water partition coefficient (Wildman–Crippen LogP) is 5.66. The molecule has 1 saturated carbocycles. The van der Waals surface area contributed by atoms with Crippen LogP contribution in [0.1, 0.15) is 88.5 Å². The minimum absolute atomic E-state index is 0.156. The van der Waals surface area contributed by atoms with Gasteiger partial charge in [0, 0.05) is 49.2 Å². The Morgan fingerprint density at radius 2 is 1.80 bits per heavy atom. The minimum Gasteiger partial charge on any atom is -0.396 e. The predicted molar refractivity (Wildman–Crippen MR) is 141 cm³/mol. The summed E-state index contributed by atoms with van der Waals surface area (Å²) in [4.78, 5) is 14.8. The van der Waals surface area contributed by atoms with Gasteiger partial charge in [0.15, 0.2) is 5.78 Å². The molecule has 1 aliphatic heterocycles. The van der Waals surface area contributed by atoms with Gasteiger partial charge in [-0.3, -0.25) is 4.79 Å². The molecule has 4 heteroatoms. The number of ketones is 1. The number of allylic oxidation sites excluding steroid dienone is 4. The molecule has 1 heterocycles. The maximum atomic E-state index is 12.3. The first-order valence-electron chi connectivity index (χ1n) is 14.3. The number of rotatable bonds is 5. The Balaban J connectivity index is 1.37. The number of nitrogens with two attached hydrogens (primary N) is 1. The van der Waals surface area contributed by atoms with Crippen LogP contribution in [0.25, 0.3) is 0 Å². The molecule has 0 aromatic heterocycles. The number of hydrogen-bond donors (Lipinski definition) is 2. The fourth-order valence-electron chi connectivity index (χ4n) is 8.48. The smallest absolute Gasteiger partial charge is 0.155 e. The highest BCUT2D eigenvalue weighted by Crippen LogP contribution is 2.60. The summed E-state index contributed by atoms with van der Waals surface area (Å²) in [5, 5.41) is 9.54. The van der Waals surface area contributed by atoms with Gasteiger partial charge < -0.3 is 15.7 Å². The molecule has 5 aliphatic rings. The number of aliphatic hydroxyl groups is 1. The summed E-state index contributed by atoms with van der Waals surface area (Å²) in [6, 6.07) is 9.50. The number of fused-ring (bicyclic) bond motifs is 4. The molecule has 1 aromatic rings. The second kappa shape index (κ2) is 9.52. The van der Waals surface area contributed by atoms with Crippen molar-refractivity contribution in [3.05, 3.63) is 52.6 Å². The molecular weight excluding hydrogens is 432 g/mol. The molecule has 1 aromatic carbocycles. The molecular formula is C31H42N2O2. The van der Waals surface area contributed by atoms with Crippen LogP contribution in [-0.4, -0.2) is 36.1 Å². The van der Waals surface area contributed by atoms with Crippen molar-refractivity contribution >= 4 is 11.5 Å². The fraction of sp³-hybridized carbons (Fsp3) is 0.645. The van der Waals surface area contributed by atoms with Crippen molar-refractivity contribution < 1.29 is 9.90 Å². The Morgan fingerprint density at radius 3 is 2.57 bits per heavy atom. The number of anilines is 1.